The van der Waals surface area contributed by atoms with E-state index in [2.05, 4.69) is 29.8 Å². The first-order valence-corrected chi connectivity index (χ1v) is 9.69. The van der Waals surface area contributed by atoms with Crippen LogP contribution in [0.25, 0.3) is 11.3 Å². The standard InChI is InChI=1S/C20H22N2OS/c1-2-12-24-19-21-17-15-9-5-4-8-14(15)13-20(10-6-3-7-11-20)16(17)18(23)22-19/h2,4-5,8-9H,1,3,6-7,10-13H2,(H,21,22,23). The van der Waals surface area contributed by atoms with Crippen molar-refractivity contribution in [2.24, 2.45) is 0 Å². The minimum atomic E-state index is -0.0237. The highest BCUT2D eigenvalue weighted by atomic mass is 32.2. The fraction of sp³-hybridized carbons (Fsp3) is 0.400. The Hall–Kier alpha value is -1.81. The lowest BCUT2D eigenvalue weighted by molar-refractivity contribution is 0.284. The van der Waals surface area contributed by atoms with Gasteiger partial charge in [0, 0.05) is 16.7 Å². The van der Waals surface area contributed by atoms with E-state index in [1.165, 1.54) is 36.6 Å². The average molecular weight is 338 g/mol. The molecule has 1 fully saturated rings. The third-order valence-electron chi connectivity index (χ3n) is 5.38. The lowest BCUT2D eigenvalue weighted by atomic mass is 9.62. The molecule has 2 aromatic rings. The molecule has 0 bridgehead atoms. The van der Waals surface area contributed by atoms with Gasteiger partial charge in [0.1, 0.15) is 0 Å². The van der Waals surface area contributed by atoms with Crippen LogP contribution in [-0.2, 0) is 11.8 Å². The fourth-order valence-electron chi connectivity index (χ4n) is 4.36. The van der Waals surface area contributed by atoms with E-state index in [4.69, 9.17) is 4.98 Å². The third-order valence-corrected chi connectivity index (χ3v) is 6.25. The third kappa shape index (κ3) is 2.53. The van der Waals surface area contributed by atoms with Gasteiger partial charge >= 0.3 is 0 Å². The van der Waals surface area contributed by atoms with Gasteiger partial charge in [0.2, 0.25) is 0 Å². The van der Waals surface area contributed by atoms with Crippen molar-refractivity contribution in [3.05, 3.63) is 58.4 Å². The Kier molecular flexibility index (Phi) is 4.09. The van der Waals surface area contributed by atoms with Crippen LogP contribution in [0.2, 0.25) is 0 Å². The molecule has 3 nitrogen and oxygen atoms in total. The van der Waals surface area contributed by atoms with Gasteiger partial charge in [0.05, 0.1) is 11.3 Å². The van der Waals surface area contributed by atoms with E-state index in [9.17, 15) is 4.79 Å². The summed E-state index contributed by atoms with van der Waals surface area (Å²) in [6.45, 7) is 3.75. The highest BCUT2D eigenvalue weighted by Crippen LogP contribution is 2.48. The smallest absolute Gasteiger partial charge is 0.255 e. The van der Waals surface area contributed by atoms with E-state index in [0.717, 1.165) is 41.8 Å². The molecule has 1 saturated carbocycles. The predicted octanol–water partition coefficient (Wildman–Crippen LogP) is 4.47. The molecule has 0 saturated heterocycles. The number of nitrogens with zero attached hydrogens (tertiary/aromatic N) is 1. The highest BCUT2D eigenvalue weighted by molar-refractivity contribution is 7.99. The summed E-state index contributed by atoms with van der Waals surface area (Å²) in [7, 11) is 0. The number of benzene rings is 1. The van der Waals surface area contributed by atoms with E-state index >= 15 is 0 Å². The fourth-order valence-corrected chi connectivity index (χ4v) is 4.96. The molecule has 0 aliphatic heterocycles. The molecule has 0 atom stereocenters. The number of aromatic nitrogens is 2. The topological polar surface area (TPSA) is 45.8 Å². The molecule has 0 radical (unpaired) electrons. The molecule has 1 N–H and O–H groups in total. The van der Waals surface area contributed by atoms with Crippen molar-refractivity contribution >= 4 is 11.8 Å². The molecule has 24 heavy (non-hydrogen) atoms. The van der Waals surface area contributed by atoms with E-state index in [1.54, 1.807) is 0 Å². The van der Waals surface area contributed by atoms with Crippen LogP contribution in [0, 0.1) is 0 Å². The van der Waals surface area contributed by atoms with Crippen LogP contribution < -0.4 is 5.56 Å². The largest absolute Gasteiger partial charge is 0.301 e. The van der Waals surface area contributed by atoms with E-state index in [-0.39, 0.29) is 11.0 Å². The minimum absolute atomic E-state index is 0.0237. The SMILES string of the molecule is C=CCSc1nc2c(c(=O)[nH]1)C1(CCCCC1)Cc1ccccc1-2. The van der Waals surface area contributed by atoms with Gasteiger partial charge in [-0.25, -0.2) is 4.98 Å². The van der Waals surface area contributed by atoms with Crippen molar-refractivity contribution in [3.8, 4) is 11.3 Å². The Balaban J connectivity index is 1.93. The number of hydrogen-bond donors (Lipinski definition) is 1. The molecule has 1 aromatic heterocycles. The number of aromatic amines is 1. The number of fused-ring (bicyclic) bond motifs is 4. The van der Waals surface area contributed by atoms with Crippen molar-refractivity contribution in [3.63, 3.8) is 0 Å². The zero-order valence-corrected chi connectivity index (χ0v) is 14.6. The first-order chi connectivity index (χ1) is 11.7. The van der Waals surface area contributed by atoms with Crippen molar-refractivity contribution < 1.29 is 0 Å². The molecule has 4 rings (SSSR count). The summed E-state index contributed by atoms with van der Waals surface area (Å²) in [4.78, 5) is 20.9. The number of hydrogen-bond acceptors (Lipinski definition) is 3. The Morgan fingerprint density at radius 2 is 2.04 bits per heavy atom. The van der Waals surface area contributed by atoms with Crippen LogP contribution in [0.3, 0.4) is 0 Å². The van der Waals surface area contributed by atoms with Gasteiger partial charge in [-0.3, -0.25) is 4.79 Å². The van der Waals surface area contributed by atoms with Crippen LogP contribution in [0.1, 0.15) is 43.2 Å². The van der Waals surface area contributed by atoms with Crippen LogP contribution in [0.15, 0.2) is 46.9 Å². The monoisotopic (exact) mass is 338 g/mol. The lowest BCUT2D eigenvalue weighted by Crippen LogP contribution is -2.40. The second-order valence-corrected chi connectivity index (χ2v) is 7.88. The first kappa shape index (κ1) is 15.7. The maximum Gasteiger partial charge on any atom is 0.255 e. The quantitative estimate of drug-likeness (QED) is 0.510. The van der Waals surface area contributed by atoms with Gasteiger partial charge in [-0.05, 0) is 24.8 Å². The van der Waals surface area contributed by atoms with E-state index < -0.39 is 0 Å². The maximum atomic E-state index is 13.0. The minimum Gasteiger partial charge on any atom is -0.301 e. The summed E-state index contributed by atoms with van der Waals surface area (Å²) in [6, 6.07) is 8.45. The van der Waals surface area contributed by atoms with Crippen molar-refractivity contribution in [2.75, 3.05) is 5.75 Å². The first-order valence-electron chi connectivity index (χ1n) is 8.70. The number of nitrogens with one attached hydrogen (secondary N) is 1. The zero-order chi connectivity index (χ0) is 16.6. The van der Waals surface area contributed by atoms with Crippen molar-refractivity contribution in [2.45, 2.75) is 49.1 Å². The van der Waals surface area contributed by atoms with Gasteiger partial charge in [-0.2, -0.15) is 0 Å². The molecular weight excluding hydrogens is 316 g/mol. The number of H-pyrrole nitrogens is 1. The van der Waals surface area contributed by atoms with Crippen LogP contribution in [-0.4, -0.2) is 15.7 Å². The Morgan fingerprint density at radius 1 is 1.25 bits per heavy atom. The molecule has 1 spiro atoms. The second kappa shape index (κ2) is 6.25. The van der Waals surface area contributed by atoms with Gasteiger partial charge < -0.3 is 4.98 Å². The summed E-state index contributed by atoms with van der Waals surface area (Å²) in [5.41, 5.74) is 4.35. The molecule has 0 amide bonds. The number of rotatable bonds is 3. The molecule has 4 heteroatoms. The summed E-state index contributed by atoms with van der Waals surface area (Å²) in [6.07, 6.45) is 8.68. The van der Waals surface area contributed by atoms with Crippen LogP contribution >= 0.6 is 11.8 Å². The zero-order valence-electron chi connectivity index (χ0n) is 13.8. The average Bonchev–Trinajstić information content (AvgIpc) is 2.60. The molecular formula is C20H22N2OS. The molecule has 2 aliphatic rings. The van der Waals surface area contributed by atoms with Gasteiger partial charge in [-0.15, -0.1) is 6.58 Å². The van der Waals surface area contributed by atoms with Crippen LogP contribution in [0.5, 0.6) is 0 Å². The molecule has 0 unspecified atom stereocenters. The summed E-state index contributed by atoms with van der Waals surface area (Å²) >= 11 is 1.53. The molecule has 124 valence electrons. The van der Waals surface area contributed by atoms with Crippen molar-refractivity contribution in [1.82, 2.24) is 9.97 Å². The van der Waals surface area contributed by atoms with Crippen LogP contribution in [0.4, 0.5) is 0 Å². The van der Waals surface area contributed by atoms with E-state index in [0.29, 0.717) is 5.16 Å². The highest BCUT2D eigenvalue weighted by Gasteiger charge is 2.42. The van der Waals surface area contributed by atoms with Gasteiger partial charge in [0.25, 0.3) is 5.56 Å². The molecule has 1 aromatic carbocycles. The normalized spacial score (nSPS) is 18.0. The van der Waals surface area contributed by atoms with E-state index in [1.807, 2.05) is 12.1 Å². The Labute approximate surface area is 146 Å². The Morgan fingerprint density at radius 3 is 2.83 bits per heavy atom. The number of thioether (sulfide) groups is 1. The second-order valence-electron chi connectivity index (χ2n) is 6.87. The maximum absolute atomic E-state index is 13.0. The Bertz CT molecular complexity index is 834. The van der Waals surface area contributed by atoms with Gasteiger partial charge in [0.15, 0.2) is 5.16 Å². The lowest BCUT2D eigenvalue weighted by Gasteiger charge is -2.41. The summed E-state index contributed by atoms with van der Waals surface area (Å²) < 4.78 is 0. The van der Waals surface area contributed by atoms with Crippen molar-refractivity contribution in [1.29, 1.82) is 0 Å². The molecule has 1 heterocycles. The van der Waals surface area contributed by atoms with Gasteiger partial charge in [-0.1, -0.05) is 61.4 Å². The predicted molar refractivity (Wildman–Crippen MR) is 99.7 cm³/mol. The molecule has 2 aliphatic carbocycles. The summed E-state index contributed by atoms with van der Waals surface area (Å²) in [5, 5.41) is 0.696. The summed E-state index contributed by atoms with van der Waals surface area (Å²) in [5.74, 6) is 0.745.